The highest BCUT2D eigenvalue weighted by Crippen LogP contribution is 2.46. The highest BCUT2D eigenvalue weighted by Gasteiger charge is 2.27. The van der Waals surface area contributed by atoms with Crippen LogP contribution < -0.4 is 47.7 Å². The summed E-state index contributed by atoms with van der Waals surface area (Å²) in [5, 5.41) is 7.60. The molecule has 10 aromatic rings. The minimum absolute atomic E-state index is 0.377. The van der Waals surface area contributed by atoms with Crippen molar-refractivity contribution >= 4 is 87.3 Å². The van der Waals surface area contributed by atoms with Gasteiger partial charge in [-0.3, -0.25) is 0 Å². The first-order valence-corrected chi connectivity index (χ1v) is 28.9. The Morgan fingerprint density at radius 2 is 0.375 bits per heavy atom. The maximum Gasteiger partial charge on any atom is 0.123 e. The van der Waals surface area contributed by atoms with Gasteiger partial charge in [0.25, 0.3) is 0 Å². The Morgan fingerprint density at radius 1 is 0.194 bits per heavy atom. The predicted molar refractivity (Wildman–Crippen MR) is 300 cm³/mol. The first kappa shape index (κ1) is 48.3. The van der Waals surface area contributed by atoms with E-state index in [0.717, 1.165) is 81.1 Å². The molecule has 0 aliphatic rings. The lowest BCUT2D eigenvalue weighted by Gasteiger charge is -2.28. The van der Waals surface area contributed by atoms with Gasteiger partial charge in [0.15, 0.2) is 0 Å². The van der Waals surface area contributed by atoms with Crippen LogP contribution in [-0.2, 0) is 0 Å². The van der Waals surface area contributed by atoms with Gasteiger partial charge in [-0.15, -0.1) is 0 Å². The molecule has 0 amide bonds. The molecule has 0 aliphatic carbocycles. The molecule has 0 N–H and O–H groups in total. The Morgan fingerprint density at radius 3 is 0.556 bits per heavy atom. The third kappa shape index (κ3) is 9.24. The number of hydrogen-bond donors (Lipinski definition) is 0. The summed E-state index contributed by atoms with van der Waals surface area (Å²) < 4.78 is 86.7. The van der Waals surface area contributed by atoms with E-state index >= 15 is 0 Å². The lowest BCUT2D eigenvalue weighted by molar-refractivity contribution is 0.628. The summed E-state index contributed by atoms with van der Waals surface area (Å²) in [6, 6.07) is 68.8. The van der Waals surface area contributed by atoms with Gasteiger partial charge in [-0.25, -0.2) is 26.3 Å². The van der Waals surface area contributed by atoms with Crippen LogP contribution in [0.15, 0.2) is 237 Å². The van der Waals surface area contributed by atoms with Crippen LogP contribution in [0, 0.1) is 34.9 Å². The molecule has 0 saturated heterocycles. The largest absolute Gasteiger partial charge is 0.207 e. The number of halogens is 6. The van der Waals surface area contributed by atoms with Gasteiger partial charge in [-0.1, -0.05) is 146 Å². The van der Waals surface area contributed by atoms with E-state index in [9.17, 15) is 26.3 Å². The van der Waals surface area contributed by atoms with Crippen molar-refractivity contribution < 1.29 is 26.3 Å². The standard InChI is InChI=1S/C63H45F6P3/c1-70(55-25-13-49(64)14-26-55,56-27-15-50(65)16-28-56)61-10-4-7-43(40-61)46-37-47(44-8-5-11-62(41-44)71(2,57-29-17-51(66)18-30-57)58-31-19-52(67)20-32-58)39-48(38-46)45-9-6-12-63(42-45)72(3,59-33-21-53(68)22-34-59)60-35-23-54(69)24-36-60/h4-42H,1-3H2. The van der Waals surface area contributed by atoms with Gasteiger partial charge < -0.3 is 0 Å². The lowest BCUT2D eigenvalue weighted by Crippen LogP contribution is -2.25. The van der Waals surface area contributed by atoms with Gasteiger partial charge in [-0.05, 0) is 211 Å². The zero-order chi connectivity index (χ0) is 50.2. The quantitative estimate of drug-likeness (QED) is 0.0845. The maximum atomic E-state index is 14.4. The first-order chi connectivity index (χ1) is 34.7. The van der Waals surface area contributed by atoms with E-state index < -0.39 is 20.7 Å². The van der Waals surface area contributed by atoms with Crippen molar-refractivity contribution in [3.63, 3.8) is 0 Å². The van der Waals surface area contributed by atoms with Gasteiger partial charge in [0.1, 0.15) is 34.9 Å². The van der Waals surface area contributed by atoms with E-state index in [1.807, 2.05) is 54.6 Å². The third-order valence-electron chi connectivity index (χ3n) is 13.4. The molecule has 0 atom stereocenters. The van der Waals surface area contributed by atoms with E-state index in [-0.39, 0.29) is 34.9 Å². The Hall–Kier alpha value is -7.32. The fourth-order valence-electron chi connectivity index (χ4n) is 9.41. The van der Waals surface area contributed by atoms with Gasteiger partial charge in [0.05, 0.1) is 0 Å². The second kappa shape index (κ2) is 19.7. The Labute approximate surface area is 416 Å². The lowest BCUT2D eigenvalue weighted by atomic mass is 9.93. The Bertz CT molecular complexity index is 3200. The highest BCUT2D eigenvalue weighted by atomic mass is 31.2. The smallest absolute Gasteiger partial charge is 0.123 e. The molecule has 0 heterocycles. The summed E-state index contributed by atoms with van der Waals surface area (Å²) in [5.74, 6) is -2.26. The van der Waals surface area contributed by atoms with Gasteiger partial charge in [-0.2, -0.15) is 0 Å². The van der Waals surface area contributed by atoms with Gasteiger partial charge in [0.2, 0.25) is 0 Å². The fraction of sp³-hybridized carbons (Fsp3) is 0. The molecule has 0 aliphatic heterocycles. The average Bonchev–Trinajstić information content (AvgIpc) is 3.41. The average molecular weight is 1010 g/mol. The summed E-state index contributed by atoms with van der Waals surface area (Å²) in [7, 11) is 0. The number of benzene rings is 10. The van der Waals surface area contributed by atoms with Gasteiger partial charge >= 0.3 is 0 Å². The van der Waals surface area contributed by atoms with E-state index in [1.54, 1.807) is 72.8 Å². The van der Waals surface area contributed by atoms with Crippen LogP contribution in [0.2, 0.25) is 0 Å². The van der Waals surface area contributed by atoms with Crippen LogP contribution in [0.25, 0.3) is 33.4 Å². The fourth-order valence-corrected chi connectivity index (χ4v) is 18.1. The zero-order valence-corrected chi connectivity index (χ0v) is 41.4. The molecule has 10 aromatic carbocycles. The third-order valence-corrected chi connectivity index (χ3v) is 24.0. The highest BCUT2D eigenvalue weighted by molar-refractivity contribution is 7.94. The molecule has 354 valence electrons. The maximum absolute atomic E-state index is 14.4. The molecule has 0 aromatic heterocycles. The molecule has 0 bridgehead atoms. The van der Waals surface area contributed by atoms with Crippen molar-refractivity contribution in [3.05, 3.63) is 271 Å². The molecular weight excluding hydrogens is 964 g/mol. The van der Waals surface area contributed by atoms with Crippen LogP contribution in [0.4, 0.5) is 26.3 Å². The minimum atomic E-state index is -2.72. The topological polar surface area (TPSA) is 0 Å². The van der Waals surface area contributed by atoms with Crippen molar-refractivity contribution in [1.82, 2.24) is 0 Å². The predicted octanol–water partition coefficient (Wildman–Crippen LogP) is 12.7. The van der Waals surface area contributed by atoms with E-state index in [4.69, 9.17) is 18.9 Å². The summed E-state index contributed by atoms with van der Waals surface area (Å²) in [6.45, 7) is -8.15. The van der Waals surface area contributed by atoms with Gasteiger partial charge in [0, 0.05) is 0 Å². The Balaban J connectivity index is 1.18. The Kier molecular flexibility index (Phi) is 13.2. The zero-order valence-electron chi connectivity index (χ0n) is 38.7. The van der Waals surface area contributed by atoms with Crippen molar-refractivity contribution in [3.8, 4) is 33.4 Å². The van der Waals surface area contributed by atoms with Crippen LogP contribution in [0.5, 0.6) is 0 Å². The molecule has 72 heavy (non-hydrogen) atoms. The summed E-state index contributed by atoms with van der Waals surface area (Å²) >= 11 is 0. The second-order valence-electron chi connectivity index (χ2n) is 17.7. The molecular formula is C63H45F6P3. The minimum Gasteiger partial charge on any atom is -0.207 e. The van der Waals surface area contributed by atoms with E-state index in [2.05, 4.69) is 36.4 Å². The molecule has 0 unspecified atom stereocenters. The van der Waals surface area contributed by atoms with Crippen LogP contribution in [0.3, 0.4) is 0 Å². The summed E-state index contributed by atoms with van der Waals surface area (Å²) in [5.41, 5.74) is 5.21. The molecule has 0 nitrogen and oxygen atoms in total. The van der Waals surface area contributed by atoms with Crippen LogP contribution >= 0.6 is 20.7 Å². The summed E-state index contributed by atoms with van der Waals surface area (Å²) in [6.07, 6.45) is 14.6. The monoisotopic (exact) mass is 1010 g/mol. The van der Waals surface area contributed by atoms with Crippen molar-refractivity contribution in [2.24, 2.45) is 0 Å². The molecule has 0 fully saturated rings. The molecule has 0 spiro atoms. The number of rotatable bonds is 12. The molecule has 0 saturated carbocycles. The van der Waals surface area contributed by atoms with Crippen LogP contribution in [-0.4, -0.2) is 18.9 Å². The number of hydrogen-bond acceptors (Lipinski definition) is 0. The molecule has 0 radical (unpaired) electrons. The van der Waals surface area contributed by atoms with E-state index in [1.165, 1.54) is 72.8 Å². The van der Waals surface area contributed by atoms with Crippen LogP contribution in [0.1, 0.15) is 0 Å². The van der Waals surface area contributed by atoms with E-state index in [0.29, 0.717) is 0 Å². The first-order valence-electron chi connectivity index (χ1n) is 23.0. The summed E-state index contributed by atoms with van der Waals surface area (Å²) in [4.78, 5) is 0. The molecule has 10 rings (SSSR count). The second-order valence-corrected chi connectivity index (χ2v) is 27.2. The van der Waals surface area contributed by atoms with Crippen molar-refractivity contribution in [2.45, 2.75) is 0 Å². The SMILES string of the molecule is C=P(c1ccc(F)cc1)(c1ccc(F)cc1)c1cccc(-c2cc(-c3cccc(P(=C)(c4ccc(F)cc4)c4ccc(F)cc4)c3)cc(-c3cccc(P(=C)(c4ccc(F)cc4)c4ccc(F)cc4)c3)c2)c1. The van der Waals surface area contributed by atoms with Crippen molar-refractivity contribution in [2.75, 3.05) is 0 Å². The van der Waals surface area contributed by atoms with Crippen molar-refractivity contribution in [1.29, 1.82) is 0 Å². The molecule has 9 heteroatoms. The normalized spacial score (nSPS) is 11.9.